The van der Waals surface area contributed by atoms with Crippen molar-refractivity contribution in [2.24, 2.45) is 5.92 Å². The number of phenols is 1. The van der Waals surface area contributed by atoms with Crippen LogP contribution < -0.4 is 0 Å². The first-order valence-electron chi connectivity index (χ1n) is 5.78. The van der Waals surface area contributed by atoms with Gasteiger partial charge in [0, 0.05) is 13.1 Å². The van der Waals surface area contributed by atoms with Crippen LogP contribution in [0.3, 0.4) is 0 Å². The van der Waals surface area contributed by atoms with Crippen LogP contribution in [0.1, 0.15) is 18.4 Å². The van der Waals surface area contributed by atoms with Crippen LogP contribution in [0, 0.1) is 5.92 Å². The van der Waals surface area contributed by atoms with Crippen LogP contribution in [-0.2, 0) is 6.54 Å². The number of rotatable bonds is 4. The average Bonchev–Trinajstić information content (AvgIpc) is 2.19. The smallest absolute Gasteiger partial charge is 0.115 e. The van der Waals surface area contributed by atoms with Gasteiger partial charge in [-0.1, -0.05) is 12.1 Å². The predicted octanol–water partition coefficient (Wildman–Crippen LogP) is 1.59. The van der Waals surface area contributed by atoms with Crippen LogP contribution in [-0.4, -0.2) is 34.8 Å². The Labute approximate surface area is 96.3 Å². The highest BCUT2D eigenvalue weighted by atomic mass is 16.3. The molecule has 1 aliphatic carbocycles. The minimum atomic E-state index is -0.0629. The molecule has 0 aliphatic heterocycles. The molecule has 1 aromatic carbocycles. The molecule has 1 saturated carbocycles. The van der Waals surface area contributed by atoms with Crippen LogP contribution in [0.25, 0.3) is 0 Å². The SMILES string of the molecule is CN(Cc1ccc(O)cc1)CC1CC(O)C1. The van der Waals surface area contributed by atoms with Gasteiger partial charge < -0.3 is 15.1 Å². The maximum Gasteiger partial charge on any atom is 0.115 e. The molecule has 16 heavy (non-hydrogen) atoms. The Kier molecular flexibility index (Phi) is 3.46. The Morgan fingerprint density at radius 3 is 2.44 bits per heavy atom. The van der Waals surface area contributed by atoms with Gasteiger partial charge in [0.05, 0.1) is 6.10 Å². The molecule has 2 rings (SSSR count). The van der Waals surface area contributed by atoms with Gasteiger partial charge in [-0.15, -0.1) is 0 Å². The van der Waals surface area contributed by atoms with E-state index in [-0.39, 0.29) is 6.10 Å². The Bertz CT molecular complexity index is 330. The zero-order valence-electron chi connectivity index (χ0n) is 9.63. The second-order valence-corrected chi connectivity index (χ2v) is 4.85. The van der Waals surface area contributed by atoms with E-state index in [1.807, 2.05) is 12.1 Å². The fraction of sp³-hybridized carbons (Fsp3) is 0.538. The summed E-state index contributed by atoms with van der Waals surface area (Å²) >= 11 is 0. The summed E-state index contributed by atoms with van der Waals surface area (Å²) in [5.74, 6) is 0.964. The lowest BCUT2D eigenvalue weighted by atomic mass is 9.82. The van der Waals surface area contributed by atoms with E-state index >= 15 is 0 Å². The molecule has 0 unspecified atom stereocenters. The summed E-state index contributed by atoms with van der Waals surface area (Å²) in [5, 5.41) is 18.4. The highest BCUT2D eigenvalue weighted by molar-refractivity contribution is 5.25. The van der Waals surface area contributed by atoms with Gasteiger partial charge in [-0.05, 0) is 43.5 Å². The Morgan fingerprint density at radius 1 is 1.25 bits per heavy atom. The number of hydrogen-bond acceptors (Lipinski definition) is 3. The molecule has 0 aromatic heterocycles. The lowest BCUT2D eigenvalue weighted by Crippen LogP contribution is -2.36. The van der Waals surface area contributed by atoms with Crippen molar-refractivity contribution in [2.45, 2.75) is 25.5 Å². The molecule has 0 bridgehead atoms. The van der Waals surface area contributed by atoms with Crippen molar-refractivity contribution in [3.63, 3.8) is 0 Å². The molecule has 1 aromatic rings. The van der Waals surface area contributed by atoms with Crippen LogP contribution in [0.2, 0.25) is 0 Å². The lowest BCUT2D eigenvalue weighted by molar-refractivity contribution is 0.0274. The lowest BCUT2D eigenvalue weighted by Gasteiger charge is -2.34. The van der Waals surface area contributed by atoms with Gasteiger partial charge in [0.1, 0.15) is 5.75 Å². The molecular weight excluding hydrogens is 202 g/mol. The summed E-state index contributed by atoms with van der Waals surface area (Å²) in [6, 6.07) is 7.33. The molecular formula is C13H19NO2. The largest absolute Gasteiger partial charge is 0.508 e. The number of hydrogen-bond donors (Lipinski definition) is 2. The number of aliphatic hydroxyl groups excluding tert-OH is 1. The summed E-state index contributed by atoms with van der Waals surface area (Å²) in [6.07, 6.45) is 1.83. The molecule has 1 fully saturated rings. The Morgan fingerprint density at radius 2 is 1.88 bits per heavy atom. The zero-order valence-corrected chi connectivity index (χ0v) is 9.63. The highest BCUT2D eigenvalue weighted by Crippen LogP contribution is 2.27. The van der Waals surface area contributed by atoms with Gasteiger partial charge >= 0.3 is 0 Å². The minimum Gasteiger partial charge on any atom is -0.508 e. The van der Waals surface area contributed by atoms with Crippen molar-refractivity contribution in [2.75, 3.05) is 13.6 Å². The van der Waals surface area contributed by atoms with E-state index in [2.05, 4.69) is 11.9 Å². The summed E-state index contributed by atoms with van der Waals surface area (Å²) in [5.41, 5.74) is 1.21. The van der Waals surface area contributed by atoms with E-state index in [0.717, 1.165) is 25.9 Å². The molecule has 3 nitrogen and oxygen atoms in total. The maximum absolute atomic E-state index is 9.21. The number of phenolic OH excluding ortho intramolecular Hbond substituents is 1. The number of aliphatic hydroxyl groups is 1. The fourth-order valence-corrected chi connectivity index (χ4v) is 2.27. The van der Waals surface area contributed by atoms with E-state index in [1.165, 1.54) is 5.56 Å². The van der Waals surface area contributed by atoms with Crippen molar-refractivity contribution < 1.29 is 10.2 Å². The highest BCUT2D eigenvalue weighted by Gasteiger charge is 2.27. The monoisotopic (exact) mass is 221 g/mol. The van der Waals surface area contributed by atoms with Crippen LogP contribution in [0.5, 0.6) is 5.75 Å². The van der Waals surface area contributed by atoms with Gasteiger partial charge in [-0.25, -0.2) is 0 Å². The number of benzene rings is 1. The zero-order chi connectivity index (χ0) is 11.5. The molecule has 0 atom stereocenters. The second-order valence-electron chi connectivity index (χ2n) is 4.85. The van der Waals surface area contributed by atoms with E-state index in [9.17, 15) is 10.2 Å². The van der Waals surface area contributed by atoms with E-state index in [4.69, 9.17) is 0 Å². The Balaban J connectivity index is 1.78. The van der Waals surface area contributed by atoms with E-state index in [0.29, 0.717) is 11.7 Å². The van der Waals surface area contributed by atoms with Crippen molar-refractivity contribution in [1.29, 1.82) is 0 Å². The topological polar surface area (TPSA) is 43.7 Å². The summed E-state index contributed by atoms with van der Waals surface area (Å²) in [6.45, 7) is 1.94. The first-order chi connectivity index (χ1) is 7.63. The van der Waals surface area contributed by atoms with Crippen LogP contribution in [0.4, 0.5) is 0 Å². The van der Waals surface area contributed by atoms with Gasteiger partial charge in [0.2, 0.25) is 0 Å². The third-order valence-electron chi connectivity index (χ3n) is 3.17. The van der Waals surface area contributed by atoms with Crippen LogP contribution >= 0.6 is 0 Å². The van der Waals surface area contributed by atoms with E-state index < -0.39 is 0 Å². The van der Waals surface area contributed by atoms with Crippen molar-refractivity contribution in [3.05, 3.63) is 29.8 Å². The quantitative estimate of drug-likeness (QED) is 0.811. The van der Waals surface area contributed by atoms with Gasteiger partial charge in [-0.3, -0.25) is 0 Å². The second kappa shape index (κ2) is 4.85. The summed E-state index contributed by atoms with van der Waals surface area (Å²) in [7, 11) is 2.09. The van der Waals surface area contributed by atoms with E-state index in [1.54, 1.807) is 12.1 Å². The van der Waals surface area contributed by atoms with Gasteiger partial charge in [0.15, 0.2) is 0 Å². The van der Waals surface area contributed by atoms with Gasteiger partial charge in [0.25, 0.3) is 0 Å². The normalized spacial score (nSPS) is 24.4. The fourth-order valence-electron chi connectivity index (χ4n) is 2.27. The molecule has 88 valence electrons. The molecule has 1 aliphatic rings. The molecule has 0 heterocycles. The van der Waals surface area contributed by atoms with Gasteiger partial charge in [-0.2, -0.15) is 0 Å². The summed E-state index contributed by atoms with van der Waals surface area (Å²) in [4.78, 5) is 2.27. The molecule has 0 spiro atoms. The Hall–Kier alpha value is -1.06. The average molecular weight is 221 g/mol. The maximum atomic E-state index is 9.21. The van der Waals surface area contributed by atoms with Crippen molar-refractivity contribution >= 4 is 0 Å². The number of aromatic hydroxyl groups is 1. The molecule has 0 saturated heterocycles. The predicted molar refractivity (Wildman–Crippen MR) is 63.2 cm³/mol. The third-order valence-corrected chi connectivity index (χ3v) is 3.17. The van der Waals surface area contributed by atoms with Crippen molar-refractivity contribution in [1.82, 2.24) is 4.90 Å². The third kappa shape index (κ3) is 2.97. The van der Waals surface area contributed by atoms with Crippen molar-refractivity contribution in [3.8, 4) is 5.75 Å². The summed E-state index contributed by atoms with van der Waals surface area (Å²) < 4.78 is 0. The molecule has 0 amide bonds. The molecule has 3 heteroatoms. The number of nitrogens with zero attached hydrogens (tertiary/aromatic N) is 1. The minimum absolute atomic E-state index is 0.0629. The first-order valence-corrected chi connectivity index (χ1v) is 5.78. The molecule has 2 N–H and O–H groups in total. The standard InChI is InChI=1S/C13H19NO2/c1-14(9-11-6-13(16)7-11)8-10-2-4-12(15)5-3-10/h2-5,11,13,15-16H,6-9H2,1H3. The first kappa shape index (κ1) is 11.4. The van der Waals surface area contributed by atoms with Crippen LogP contribution in [0.15, 0.2) is 24.3 Å². The molecule has 0 radical (unpaired) electrons.